The lowest BCUT2D eigenvalue weighted by Gasteiger charge is -2.18. The molecule has 0 spiro atoms. The predicted octanol–water partition coefficient (Wildman–Crippen LogP) is 3.55. The second kappa shape index (κ2) is 6.37. The highest BCUT2D eigenvalue weighted by molar-refractivity contribution is 7.17. The predicted molar refractivity (Wildman–Crippen MR) is 86.9 cm³/mol. The van der Waals surface area contributed by atoms with Crippen molar-refractivity contribution >= 4 is 22.2 Å². The van der Waals surface area contributed by atoms with E-state index in [0.29, 0.717) is 10.8 Å². The Morgan fingerprint density at radius 2 is 2.00 bits per heavy atom. The number of thiophene rings is 1. The molecule has 1 aliphatic rings. The molecule has 1 unspecified atom stereocenters. The average molecular weight is 332 g/mol. The Hall–Kier alpha value is -2.41. The van der Waals surface area contributed by atoms with Crippen LogP contribution in [0.4, 0.5) is 5.00 Å². The van der Waals surface area contributed by atoms with Gasteiger partial charge in [0.2, 0.25) is 0 Å². The highest BCUT2D eigenvalue weighted by atomic mass is 32.1. The molecule has 1 N–H and O–H groups in total. The lowest BCUT2D eigenvalue weighted by atomic mass is 10.0. The SMILES string of the molecule is COc1ccc(C(NC(=O)c2ccc([N+](=O)[O-])s2)C2CC2)cc1. The van der Waals surface area contributed by atoms with Crippen LogP contribution < -0.4 is 10.1 Å². The molecular weight excluding hydrogens is 316 g/mol. The number of amides is 1. The number of benzene rings is 1. The Morgan fingerprint density at radius 1 is 1.30 bits per heavy atom. The topological polar surface area (TPSA) is 81.5 Å². The first-order valence-electron chi connectivity index (χ1n) is 7.27. The van der Waals surface area contributed by atoms with Crippen LogP contribution in [0.15, 0.2) is 36.4 Å². The molecule has 1 aromatic carbocycles. The Labute approximate surface area is 137 Å². The van der Waals surface area contributed by atoms with Gasteiger partial charge in [0.15, 0.2) is 0 Å². The fourth-order valence-corrected chi connectivity index (χ4v) is 3.20. The van der Waals surface area contributed by atoms with Crippen LogP contribution in [0.3, 0.4) is 0 Å². The van der Waals surface area contributed by atoms with Crippen molar-refractivity contribution in [2.45, 2.75) is 18.9 Å². The summed E-state index contributed by atoms with van der Waals surface area (Å²) in [4.78, 5) is 23.0. The highest BCUT2D eigenvalue weighted by Gasteiger charge is 2.34. The summed E-state index contributed by atoms with van der Waals surface area (Å²) in [5.74, 6) is 0.918. The zero-order valence-electron chi connectivity index (χ0n) is 12.5. The largest absolute Gasteiger partial charge is 0.497 e. The Balaban J connectivity index is 1.76. The van der Waals surface area contributed by atoms with Gasteiger partial charge in [-0.25, -0.2) is 0 Å². The summed E-state index contributed by atoms with van der Waals surface area (Å²) >= 11 is 0.893. The smallest absolute Gasteiger partial charge is 0.324 e. The molecule has 2 aromatic rings. The second-order valence-corrected chi connectivity index (χ2v) is 6.52. The summed E-state index contributed by atoms with van der Waals surface area (Å²) < 4.78 is 5.15. The zero-order chi connectivity index (χ0) is 16.4. The third kappa shape index (κ3) is 3.50. The van der Waals surface area contributed by atoms with Crippen LogP contribution in [0.25, 0.3) is 0 Å². The summed E-state index contributed by atoms with van der Waals surface area (Å²) in [6, 6.07) is 10.4. The molecule has 1 aromatic heterocycles. The minimum absolute atomic E-state index is 0.0254. The van der Waals surface area contributed by atoms with Gasteiger partial charge >= 0.3 is 5.00 Å². The maximum Gasteiger partial charge on any atom is 0.324 e. The molecule has 1 saturated carbocycles. The number of carbonyl (C=O) groups is 1. The molecular formula is C16H16N2O4S. The van der Waals surface area contributed by atoms with Gasteiger partial charge in [0.1, 0.15) is 5.75 Å². The van der Waals surface area contributed by atoms with E-state index in [4.69, 9.17) is 4.74 Å². The Kier molecular flexibility index (Phi) is 4.29. The first-order valence-corrected chi connectivity index (χ1v) is 8.09. The molecule has 6 nitrogen and oxygen atoms in total. The lowest BCUT2D eigenvalue weighted by Crippen LogP contribution is -2.29. The number of nitrogens with zero attached hydrogens (tertiary/aromatic N) is 1. The molecule has 7 heteroatoms. The fraction of sp³-hybridized carbons (Fsp3) is 0.312. The van der Waals surface area contributed by atoms with E-state index in [9.17, 15) is 14.9 Å². The van der Waals surface area contributed by atoms with Crippen LogP contribution in [0.1, 0.15) is 34.1 Å². The monoisotopic (exact) mass is 332 g/mol. The normalized spacial score (nSPS) is 15.0. The number of methoxy groups -OCH3 is 1. The minimum Gasteiger partial charge on any atom is -0.497 e. The van der Waals surface area contributed by atoms with Gasteiger partial charge in [-0.2, -0.15) is 0 Å². The van der Waals surface area contributed by atoms with E-state index in [1.807, 2.05) is 24.3 Å². The Bertz CT molecular complexity index is 722. The zero-order valence-corrected chi connectivity index (χ0v) is 13.3. The molecule has 3 rings (SSSR count). The third-order valence-electron chi connectivity index (χ3n) is 3.85. The summed E-state index contributed by atoms with van der Waals surface area (Å²) in [7, 11) is 1.61. The van der Waals surface area contributed by atoms with E-state index in [-0.39, 0.29) is 17.0 Å². The molecule has 0 aliphatic heterocycles. The maximum atomic E-state index is 12.4. The van der Waals surface area contributed by atoms with Crippen molar-refractivity contribution in [3.8, 4) is 5.75 Å². The van der Waals surface area contributed by atoms with Crippen molar-refractivity contribution in [1.82, 2.24) is 5.32 Å². The maximum absolute atomic E-state index is 12.4. The van der Waals surface area contributed by atoms with Crippen molar-refractivity contribution in [3.63, 3.8) is 0 Å². The van der Waals surface area contributed by atoms with Crippen LogP contribution in [-0.2, 0) is 0 Å². The number of nitro groups is 1. The number of rotatable bonds is 6. The lowest BCUT2D eigenvalue weighted by molar-refractivity contribution is -0.380. The molecule has 1 atom stereocenters. The quantitative estimate of drug-likeness (QED) is 0.648. The van der Waals surface area contributed by atoms with E-state index >= 15 is 0 Å². The van der Waals surface area contributed by atoms with E-state index in [2.05, 4.69) is 5.32 Å². The number of hydrogen-bond donors (Lipinski definition) is 1. The third-order valence-corrected chi connectivity index (χ3v) is 4.89. The number of nitrogens with one attached hydrogen (secondary N) is 1. The molecule has 1 aliphatic carbocycles. The van der Waals surface area contributed by atoms with Crippen molar-refractivity contribution in [1.29, 1.82) is 0 Å². The number of hydrogen-bond acceptors (Lipinski definition) is 5. The molecule has 1 amide bonds. The molecule has 0 radical (unpaired) electrons. The van der Waals surface area contributed by atoms with Crippen molar-refractivity contribution in [2.24, 2.45) is 5.92 Å². The van der Waals surface area contributed by atoms with Crippen LogP contribution in [0, 0.1) is 16.0 Å². The van der Waals surface area contributed by atoms with Gasteiger partial charge < -0.3 is 10.1 Å². The van der Waals surface area contributed by atoms with Crippen molar-refractivity contribution in [2.75, 3.05) is 7.11 Å². The summed E-state index contributed by atoms with van der Waals surface area (Å²) in [5, 5.41) is 13.7. The van der Waals surface area contributed by atoms with Gasteiger partial charge in [-0.1, -0.05) is 23.5 Å². The molecule has 0 bridgehead atoms. The first kappa shape index (κ1) is 15.5. The highest BCUT2D eigenvalue weighted by Crippen LogP contribution is 2.41. The van der Waals surface area contributed by atoms with E-state index < -0.39 is 4.92 Å². The fourth-order valence-electron chi connectivity index (χ4n) is 2.47. The summed E-state index contributed by atoms with van der Waals surface area (Å²) in [5.41, 5.74) is 1.02. The minimum atomic E-state index is -0.483. The Morgan fingerprint density at radius 3 is 2.52 bits per heavy atom. The molecule has 1 fully saturated rings. The van der Waals surface area contributed by atoms with Crippen LogP contribution in [-0.4, -0.2) is 17.9 Å². The molecule has 0 saturated heterocycles. The van der Waals surface area contributed by atoms with Crippen LogP contribution >= 0.6 is 11.3 Å². The van der Waals surface area contributed by atoms with Gasteiger partial charge in [0.25, 0.3) is 5.91 Å². The van der Waals surface area contributed by atoms with Gasteiger partial charge in [-0.3, -0.25) is 14.9 Å². The van der Waals surface area contributed by atoms with Gasteiger partial charge in [0, 0.05) is 6.07 Å². The van der Waals surface area contributed by atoms with Gasteiger partial charge in [-0.05, 0) is 42.5 Å². The van der Waals surface area contributed by atoms with E-state index in [0.717, 1.165) is 35.5 Å². The van der Waals surface area contributed by atoms with Gasteiger partial charge in [-0.15, -0.1) is 0 Å². The van der Waals surface area contributed by atoms with E-state index in [1.54, 1.807) is 7.11 Å². The second-order valence-electron chi connectivity index (χ2n) is 5.46. The molecule has 23 heavy (non-hydrogen) atoms. The summed E-state index contributed by atoms with van der Waals surface area (Å²) in [6.07, 6.45) is 2.14. The van der Waals surface area contributed by atoms with E-state index in [1.165, 1.54) is 12.1 Å². The molecule has 120 valence electrons. The van der Waals surface area contributed by atoms with Crippen LogP contribution in [0.5, 0.6) is 5.75 Å². The summed E-state index contributed by atoms with van der Waals surface area (Å²) in [6.45, 7) is 0. The number of carbonyl (C=O) groups excluding carboxylic acids is 1. The standard InChI is InChI=1S/C16H16N2O4S/c1-22-12-6-4-11(5-7-12)15(10-2-3-10)17-16(19)13-8-9-14(23-13)18(20)21/h4-10,15H,2-3H2,1H3,(H,17,19). The van der Waals surface area contributed by atoms with Crippen molar-refractivity contribution < 1.29 is 14.5 Å². The van der Waals surface area contributed by atoms with Gasteiger partial charge in [0.05, 0.1) is 23.0 Å². The van der Waals surface area contributed by atoms with Crippen molar-refractivity contribution in [3.05, 3.63) is 57.0 Å². The first-order chi connectivity index (χ1) is 11.1. The average Bonchev–Trinajstić information content (AvgIpc) is 3.27. The number of ether oxygens (including phenoxy) is 1. The van der Waals surface area contributed by atoms with Crippen LogP contribution in [0.2, 0.25) is 0 Å². The molecule has 1 heterocycles.